The maximum atomic E-state index is 12.7. The number of thioether (sulfide) groups is 1. The Balaban J connectivity index is 1.29. The Hall–Kier alpha value is -3.30. The molecule has 9 heteroatoms. The Bertz CT molecular complexity index is 1240. The van der Waals surface area contributed by atoms with Crippen LogP contribution in [0, 0.1) is 0 Å². The number of carbonyl (C=O) groups excluding carboxylic acids is 1. The maximum absolute atomic E-state index is 12.7. The topological polar surface area (TPSA) is 78.3 Å². The number of ether oxygens (including phenoxy) is 2. The van der Waals surface area contributed by atoms with Crippen molar-refractivity contribution in [2.45, 2.75) is 18.1 Å². The predicted molar refractivity (Wildman–Crippen MR) is 129 cm³/mol. The van der Waals surface area contributed by atoms with E-state index in [1.54, 1.807) is 11.3 Å². The molecule has 1 N–H and O–H groups in total. The molecule has 7 nitrogen and oxygen atoms in total. The summed E-state index contributed by atoms with van der Waals surface area (Å²) in [5.74, 6) is 2.36. The number of para-hydroxylation sites is 1. The summed E-state index contributed by atoms with van der Waals surface area (Å²) in [7, 11) is 0. The van der Waals surface area contributed by atoms with Gasteiger partial charge in [0.1, 0.15) is 13.2 Å². The van der Waals surface area contributed by atoms with Gasteiger partial charge in [-0.1, -0.05) is 42.1 Å². The molecule has 2 aromatic heterocycles. The van der Waals surface area contributed by atoms with Crippen LogP contribution >= 0.6 is 23.1 Å². The fraction of sp³-hybridized carbons (Fsp3) is 0.208. The number of fused-ring (bicyclic) bond motifs is 1. The van der Waals surface area contributed by atoms with E-state index < -0.39 is 0 Å². The van der Waals surface area contributed by atoms with Gasteiger partial charge < -0.3 is 14.8 Å². The largest absolute Gasteiger partial charge is 0.486 e. The number of carbonyl (C=O) groups is 1. The first-order chi connectivity index (χ1) is 16.2. The van der Waals surface area contributed by atoms with Crippen LogP contribution in [-0.2, 0) is 4.79 Å². The van der Waals surface area contributed by atoms with Crippen molar-refractivity contribution in [2.75, 3.05) is 19.0 Å². The van der Waals surface area contributed by atoms with Crippen molar-refractivity contribution >= 4 is 29.0 Å². The van der Waals surface area contributed by atoms with E-state index in [2.05, 4.69) is 15.5 Å². The van der Waals surface area contributed by atoms with Crippen molar-refractivity contribution in [1.82, 2.24) is 20.1 Å². The molecule has 0 aliphatic carbocycles. The van der Waals surface area contributed by atoms with Gasteiger partial charge in [-0.15, -0.1) is 21.5 Å². The van der Waals surface area contributed by atoms with Gasteiger partial charge in [-0.3, -0.25) is 9.36 Å². The lowest BCUT2D eigenvalue weighted by molar-refractivity contribution is -0.119. The molecule has 1 unspecified atom stereocenters. The molecule has 1 aliphatic heterocycles. The highest BCUT2D eigenvalue weighted by Gasteiger charge is 2.19. The molecule has 0 saturated carbocycles. The predicted octanol–water partition coefficient (Wildman–Crippen LogP) is 4.74. The third-order valence-corrected chi connectivity index (χ3v) is 6.96. The van der Waals surface area contributed by atoms with Crippen LogP contribution in [0.1, 0.15) is 18.5 Å². The standard InChI is InChI=1S/C24H22N4O3S2/c1-16(17-9-10-19-20(14-17)31-12-11-30-19)25-22(29)15-33-24-27-26-23(21-8-5-13-32-21)28(24)18-6-3-2-4-7-18/h2-10,13-14,16H,11-12,15H2,1H3,(H,25,29). The molecule has 3 heterocycles. The smallest absolute Gasteiger partial charge is 0.230 e. The summed E-state index contributed by atoms with van der Waals surface area (Å²) in [6.07, 6.45) is 0. The highest BCUT2D eigenvalue weighted by molar-refractivity contribution is 7.99. The van der Waals surface area contributed by atoms with Crippen molar-refractivity contribution in [3.8, 4) is 27.9 Å². The lowest BCUT2D eigenvalue weighted by atomic mass is 10.1. The number of thiophene rings is 1. The zero-order valence-corrected chi connectivity index (χ0v) is 19.6. The minimum Gasteiger partial charge on any atom is -0.486 e. The molecule has 4 aromatic rings. The van der Waals surface area contributed by atoms with Crippen LogP contribution in [0.3, 0.4) is 0 Å². The number of hydrogen-bond donors (Lipinski definition) is 1. The van der Waals surface area contributed by atoms with Crippen LogP contribution in [0.4, 0.5) is 0 Å². The van der Waals surface area contributed by atoms with E-state index in [0.717, 1.165) is 27.7 Å². The monoisotopic (exact) mass is 478 g/mol. The number of aromatic nitrogens is 3. The zero-order chi connectivity index (χ0) is 22.6. The third kappa shape index (κ3) is 4.74. The highest BCUT2D eigenvalue weighted by atomic mass is 32.2. The summed E-state index contributed by atoms with van der Waals surface area (Å²) in [5.41, 5.74) is 1.92. The van der Waals surface area contributed by atoms with Crippen molar-refractivity contribution in [2.24, 2.45) is 0 Å². The number of benzene rings is 2. The van der Waals surface area contributed by atoms with Crippen LogP contribution in [0.5, 0.6) is 11.5 Å². The first kappa shape index (κ1) is 21.5. The molecule has 0 bridgehead atoms. The van der Waals surface area contributed by atoms with Gasteiger partial charge in [-0.05, 0) is 48.2 Å². The van der Waals surface area contributed by atoms with Crippen LogP contribution in [0.2, 0.25) is 0 Å². The van der Waals surface area contributed by atoms with Gasteiger partial charge in [0.15, 0.2) is 22.5 Å². The van der Waals surface area contributed by atoms with Gasteiger partial charge in [-0.25, -0.2) is 0 Å². The van der Waals surface area contributed by atoms with E-state index in [1.165, 1.54) is 11.8 Å². The fourth-order valence-electron chi connectivity index (χ4n) is 3.56. The van der Waals surface area contributed by atoms with Gasteiger partial charge in [0.05, 0.1) is 16.7 Å². The van der Waals surface area contributed by atoms with Gasteiger partial charge >= 0.3 is 0 Å². The van der Waals surface area contributed by atoms with E-state index in [9.17, 15) is 4.79 Å². The van der Waals surface area contributed by atoms with Crippen LogP contribution in [0.15, 0.2) is 71.2 Å². The summed E-state index contributed by atoms with van der Waals surface area (Å²) in [5, 5.41) is 14.5. The lowest BCUT2D eigenvalue weighted by Gasteiger charge is -2.21. The van der Waals surface area contributed by atoms with E-state index in [1.807, 2.05) is 77.5 Å². The second-order valence-electron chi connectivity index (χ2n) is 7.44. The minimum atomic E-state index is -0.164. The molecule has 0 radical (unpaired) electrons. The van der Waals surface area contributed by atoms with E-state index >= 15 is 0 Å². The van der Waals surface area contributed by atoms with E-state index in [0.29, 0.717) is 24.1 Å². The number of amides is 1. The summed E-state index contributed by atoms with van der Waals surface area (Å²) in [4.78, 5) is 13.8. The van der Waals surface area contributed by atoms with Gasteiger partial charge in [0, 0.05) is 5.69 Å². The molecule has 33 heavy (non-hydrogen) atoms. The maximum Gasteiger partial charge on any atom is 0.230 e. The number of nitrogens with zero attached hydrogens (tertiary/aromatic N) is 3. The Morgan fingerprint density at radius 3 is 2.70 bits per heavy atom. The second-order valence-corrected chi connectivity index (χ2v) is 9.33. The Morgan fingerprint density at radius 2 is 1.91 bits per heavy atom. The van der Waals surface area contributed by atoms with Crippen LogP contribution in [0.25, 0.3) is 16.4 Å². The summed E-state index contributed by atoms with van der Waals surface area (Å²) < 4.78 is 13.2. The first-order valence-electron chi connectivity index (χ1n) is 10.6. The van der Waals surface area contributed by atoms with Gasteiger partial charge in [0.2, 0.25) is 5.91 Å². The summed E-state index contributed by atoms with van der Waals surface area (Å²) >= 11 is 2.97. The van der Waals surface area contributed by atoms with Crippen molar-refractivity contribution in [3.63, 3.8) is 0 Å². The van der Waals surface area contributed by atoms with Crippen molar-refractivity contribution in [3.05, 3.63) is 71.6 Å². The number of nitrogens with one attached hydrogen (secondary N) is 1. The molecule has 1 atom stereocenters. The second kappa shape index (κ2) is 9.68. The average Bonchev–Trinajstić information content (AvgIpc) is 3.53. The molecule has 5 rings (SSSR count). The Labute approximate surface area is 199 Å². The first-order valence-corrected chi connectivity index (χ1v) is 12.4. The van der Waals surface area contributed by atoms with Gasteiger partial charge in [0.25, 0.3) is 0 Å². The molecular formula is C24H22N4O3S2. The SMILES string of the molecule is CC(NC(=O)CSc1nnc(-c2cccs2)n1-c1ccccc1)c1ccc2c(c1)OCCO2. The molecule has 0 saturated heterocycles. The van der Waals surface area contributed by atoms with E-state index in [-0.39, 0.29) is 17.7 Å². The molecule has 168 valence electrons. The fourth-order valence-corrected chi connectivity index (χ4v) is 5.03. The van der Waals surface area contributed by atoms with E-state index in [4.69, 9.17) is 9.47 Å². The van der Waals surface area contributed by atoms with Crippen LogP contribution < -0.4 is 14.8 Å². The number of hydrogen-bond acceptors (Lipinski definition) is 7. The molecule has 0 fully saturated rings. The quantitative estimate of drug-likeness (QED) is 0.387. The van der Waals surface area contributed by atoms with Crippen molar-refractivity contribution in [1.29, 1.82) is 0 Å². The normalized spacial score (nSPS) is 13.5. The van der Waals surface area contributed by atoms with Crippen molar-refractivity contribution < 1.29 is 14.3 Å². The van der Waals surface area contributed by atoms with Crippen LogP contribution in [-0.4, -0.2) is 39.6 Å². The number of rotatable bonds is 7. The lowest BCUT2D eigenvalue weighted by Crippen LogP contribution is -2.28. The molecule has 1 aliphatic rings. The zero-order valence-electron chi connectivity index (χ0n) is 17.9. The Kier molecular flexibility index (Phi) is 6.32. The van der Waals surface area contributed by atoms with Gasteiger partial charge in [-0.2, -0.15) is 0 Å². The summed E-state index contributed by atoms with van der Waals surface area (Å²) in [6, 6.07) is 19.5. The molecule has 1 amide bonds. The molecular weight excluding hydrogens is 456 g/mol. The Morgan fingerprint density at radius 1 is 1.09 bits per heavy atom. The molecule has 0 spiro atoms. The summed E-state index contributed by atoms with van der Waals surface area (Å²) in [6.45, 7) is 3.04. The average molecular weight is 479 g/mol. The third-order valence-electron chi connectivity index (χ3n) is 5.17. The highest BCUT2D eigenvalue weighted by Crippen LogP contribution is 2.33. The minimum absolute atomic E-state index is 0.0809. The molecule has 2 aromatic carbocycles.